The molecule has 2 amide bonds. The van der Waals surface area contributed by atoms with Gasteiger partial charge in [0.05, 0.1) is 18.5 Å². The number of amides is 2. The Balaban J connectivity index is 1.44. The molecule has 3 atom stereocenters. The van der Waals surface area contributed by atoms with Crippen molar-refractivity contribution in [1.82, 2.24) is 14.8 Å². The number of rotatable bonds is 7. The normalized spacial score (nSPS) is 24.3. The highest BCUT2D eigenvalue weighted by Gasteiger charge is 2.48. The monoisotopic (exact) mass is 473 g/mol. The molecule has 0 radical (unpaired) electrons. The fraction of sp³-hybridized carbons (Fsp3) is 0.448. The zero-order valence-electron chi connectivity index (χ0n) is 20.7. The molecule has 184 valence electrons. The smallest absolute Gasteiger partial charge is 0.271 e. The first-order valence-corrected chi connectivity index (χ1v) is 12.9. The molecule has 0 bridgehead atoms. The minimum atomic E-state index is -0.988. The van der Waals surface area contributed by atoms with Crippen molar-refractivity contribution in [2.75, 3.05) is 6.54 Å². The summed E-state index contributed by atoms with van der Waals surface area (Å²) in [5, 5.41) is 3.35. The topological polar surface area (TPSA) is 67.5 Å². The summed E-state index contributed by atoms with van der Waals surface area (Å²) in [6.45, 7) is 5.06. The van der Waals surface area contributed by atoms with Gasteiger partial charge in [0.15, 0.2) is 0 Å². The molecular weight excluding hydrogens is 438 g/mol. The van der Waals surface area contributed by atoms with Gasteiger partial charge in [-0.05, 0) is 68.4 Å². The van der Waals surface area contributed by atoms with Crippen LogP contribution in [0.25, 0.3) is 11.5 Å². The third-order valence-corrected chi connectivity index (χ3v) is 7.89. The summed E-state index contributed by atoms with van der Waals surface area (Å²) in [5.74, 6) is 0.985. The van der Waals surface area contributed by atoms with Gasteiger partial charge in [-0.15, -0.1) is 0 Å². The highest BCUT2D eigenvalue weighted by Crippen LogP contribution is 2.34. The van der Waals surface area contributed by atoms with E-state index in [1.165, 1.54) is 12.0 Å². The van der Waals surface area contributed by atoms with Crippen molar-refractivity contribution in [2.24, 2.45) is 5.92 Å². The van der Waals surface area contributed by atoms with Crippen LogP contribution in [0.2, 0.25) is 0 Å². The van der Waals surface area contributed by atoms with Crippen LogP contribution in [0.4, 0.5) is 0 Å². The first-order chi connectivity index (χ1) is 17.0. The van der Waals surface area contributed by atoms with Crippen LogP contribution in [0.15, 0.2) is 65.3 Å². The van der Waals surface area contributed by atoms with Gasteiger partial charge >= 0.3 is 0 Å². The van der Waals surface area contributed by atoms with E-state index < -0.39 is 5.54 Å². The molecule has 2 aromatic heterocycles. The quantitative estimate of drug-likeness (QED) is 0.507. The fourth-order valence-corrected chi connectivity index (χ4v) is 5.70. The molecule has 6 nitrogen and oxygen atoms in total. The van der Waals surface area contributed by atoms with Gasteiger partial charge in [-0.25, -0.2) is 0 Å². The third-order valence-electron chi connectivity index (χ3n) is 7.89. The second-order valence-corrected chi connectivity index (χ2v) is 10.3. The SMILES string of the molecule is C[C@@H]1CCCC[C@@H]1NC(=O)[C@]1(C)Cn2c(ccc2-c2ccco2)C(=O)N1CCCc1ccccc1. The minimum absolute atomic E-state index is 0.0611. The van der Waals surface area contributed by atoms with E-state index in [-0.39, 0.29) is 17.9 Å². The number of nitrogens with zero attached hydrogens (tertiary/aromatic N) is 2. The molecule has 1 N–H and O–H groups in total. The van der Waals surface area contributed by atoms with Crippen LogP contribution in [0, 0.1) is 5.92 Å². The average molecular weight is 474 g/mol. The van der Waals surface area contributed by atoms with Crippen molar-refractivity contribution >= 4 is 11.8 Å². The maximum Gasteiger partial charge on any atom is 0.271 e. The molecule has 0 unspecified atom stereocenters. The van der Waals surface area contributed by atoms with E-state index in [4.69, 9.17) is 4.42 Å². The summed E-state index contributed by atoms with van der Waals surface area (Å²) >= 11 is 0. The average Bonchev–Trinajstić information content (AvgIpc) is 3.53. The molecule has 2 aliphatic rings. The Kier molecular flexibility index (Phi) is 6.54. The zero-order chi connectivity index (χ0) is 24.4. The lowest BCUT2D eigenvalue weighted by Crippen LogP contribution is -2.65. The Morgan fingerprint density at radius 2 is 1.83 bits per heavy atom. The van der Waals surface area contributed by atoms with Crippen molar-refractivity contribution in [2.45, 2.75) is 70.5 Å². The van der Waals surface area contributed by atoms with Crippen LogP contribution < -0.4 is 5.32 Å². The molecule has 3 heterocycles. The summed E-state index contributed by atoms with van der Waals surface area (Å²) in [4.78, 5) is 29.5. The number of fused-ring (bicyclic) bond motifs is 1. The van der Waals surface area contributed by atoms with Crippen LogP contribution in [-0.2, 0) is 17.8 Å². The molecule has 35 heavy (non-hydrogen) atoms. The second-order valence-electron chi connectivity index (χ2n) is 10.3. The highest BCUT2D eigenvalue weighted by molar-refractivity contribution is 6.00. The highest BCUT2D eigenvalue weighted by atomic mass is 16.3. The van der Waals surface area contributed by atoms with Crippen molar-refractivity contribution in [1.29, 1.82) is 0 Å². The van der Waals surface area contributed by atoms with E-state index in [1.807, 2.05) is 54.0 Å². The zero-order valence-corrected chi connectivity index (χ0v) is 20.7. The molecular formula is C29H35N3O3. The van der Waals surface area contributed by atoms with Crippen LogP contribution in [0.5, 0.6) is 0 Å². The second kappa shape index (κ2) is 9.76. The third kappa shape index (κ3) is 4.54. The summed E-state index contributed by atoms with van der Waals surface area (Å²) in [6.07, 6.45) is 7.77. The number of hydrogen-bond acceptors (Lipinski definition) is 3. The van der Waals surface area contributed by atoms with Gasteiger partial charge in [0, 0.05) is 12.6 Å². The van der Waals surface area contributed by atoms with E-state index in [2.05, 4.69) is 24.4 Å². The van der Waals surface area contributed by atoms with Crippen molar-refractivity contribution in [3.8, 4) is 11.5 Å². The van der Waals surface area contributed by atoms with Gasteiger partial charge < -0.3 is 19.2 Å². The Bertz CT molecular complexity index is 1170. The predicted octanol–water partition coefficient (Wildman–Crippen LogP) is 5.29. The maximum atomic E-state index is 13.9. The van der Waals surface area contributed by atoms with Crippen molar-refractivity contribution < 1.29 is 14.0 Å². The lowest BCUT2D eigenvalue weighted by atomic mass is 9.85. The summed E-state index contributed by atoms with van der Waals surface area (Å²) in [5.41, 5.74) is 1.68. The Labute approximate surface area is 207 Å². The van der Waals surface area contributed by atoms with Crippen LogP contribution in [0.3, 0.4) is 0 Å². The van der Waals surface area contributed by atoms with Crippen LogP contribution in [0.1, 0.15) is 62.0 Å². The van der Waals surface area contributed by atoms with E-state index in [1.54, 1.807) is 11.2 Å². The molecule has 0 saturated heterocycles. The molecule has 1 aliphatic heterocycles. The van der Waals surface area contributed by atoms with E-state index >= 15 is 0 Å². The number of carbonyl (C=O) groups is 2. The molecule has 1 fully saturated rings. The van der Waals surface area contributed by atoms with E-state index in [0.717, 1.165) is 37.8 Å². The Hall–Kier alpha value is -3.28. The largest absolute Gasteiger partial charge is 0.463 e. The van der Waals surface area contributed by atoms with Crippen LogP contribution >= 0.6 is 0 Å². The fourth-order valence-electron chi connectivity index (χ4n) is 5.70. The van der Waals surface area contributed by atoms with E-state index in [9.17, 15) is 9.59 Å². The van der Waals surface area contributed by atoms with Gasteiger partial charge in [-0.1, -0.05) is 50.1 Å². The summed E-state index contributed by atoms with van der Waals surface area (Å²) in [7, 11) is 0. The lowest BCUT2D eigenvalue weighted by molar-refractivity contribution is -0.134. The minimum Gasteiger partial charge on any atom is -0.463 e. The molecule has 1 aromatic carbocycles. The Morgan fingerprint density at radius 3 is 2.57 bits per heavy atom. The van der Waals surface area contributed by atoms with Gasteiger partial charge in [-0.2, -0.15) is 0 Å². The number of benzene rings is 1. The van der Waals surface area contributed by atoms with Crippen molar-refractivity contribution in [3.05, 3.63) is 72.1 Å². The van der Waals surface area contributed by atoms with Crippen LogP contribution in [-0.4, -0.2) is 39.4 Å². The molecule has 0 spiro atoms. The van der Waals surface area contributed by atoms with Gasteiger partial charge in [0.25, 0.3) is 5.91 Å². The molecule has 1 aliphatic carbocycles. The first kappa shape index (κ1) is 23.5. The predicted molar refractivity (Wildman–Crippen MR) is 136 cm³/mol. The maximum absolute atomic E-state index is 13.9. The molecule has 5 rings (SSSR count). The van der Waals surface area contributed by atoms with Crippen molar-refractivity contribution in [3.63, 3.8) is 0 Å². The summed E-state index contributed by atoms with van der Waals surface area (Å²) in [6, 6.07) is 17.9. The lowest BCUT2D eigenvalue weighted by Gasteiger charge is -2.45. The molecule has 6 heteroatoms. The number of nitrogens with one attached hydrogen (secondary N) is 1. The molecule has 3 aromatic rings. The number of carbonyl (C=O) groups excluding carboxylic acids is 2. The number of hydrogen-bond donors (Lipinski definition) is 1. The Morgan fingerprint density at radius 1 is 1.06 bits per heavy atom. The first-order valence-electron chi connectivity index (χ1n) is 12.9. The van der Waals surface area contributed by atoms with E-state index in [0.29, 0.717) is 30.5 Å². The standard InChI is InChI=1S/C29H35N3O3/c1-21-10-6-7-14-23(21)30-28(34)29(2)20-31-24(26-15-9-19-35-26)16-17-25(31)27(33)32(29)18-8-13-22-11-4-3-5-12-22/h3-5,9,11-12,15-17,19,21,23H,6-8,10,13-14,18,20H2,1-2H3,(H,30,34)/t21-,23+,29+/m1/s1. The number of furan rings is 1. The number of aromatic nitrogens is 1. The van der Waals surface area contributed by atoms with Gasteiger partial charge in [0.1, 0.15) is 17.0 Å². The number of aryl methyl sites for hydroxylation is 1. The van der Waals surface area contributed by atoms with Gasteiger partial charge in [-0.3, -0.25) is 9.59 Å². The molecule has 1 saturated carbocycles. The van der Waals surface area contributed by atoms with Gasteiger partial charge in [0.2, 0.25) is 5.91 Å². The summed E-state index contributed by atoms with van der Waals surface area (Å²) < 4.78 is 7.59.